The molecule has 1 saturated carbocycles. The number of carbonyl (C=O) groups is 1. The quantitative estimate of drug-likeness (QED) is 0.0891. The predicted octanol–water partition coefficient (Wildman–Crippen LogP) is 7.06. The summed E-state index contributed by atoms with van der Waals surface area (Å²) in [4.78, 5) is 25.9. The molecule has 1 heterocycles. The van der Waals surface area contributed by atoms with Gasteiger partial charge in [-0.05, 0) is 51.3 Å². The SMILES string of the molecule is C=C/C(=C\N=C(/C)OCCO)NC(=O)OC1CCC1Oc1cc2sc(-c3cc(C)cc(C)c3/N=C\C(=C)OCC)nc2cc1F. The summed E-state index contributed by atoms with van der Waals surface area (Å²) in [6, 6.07) is 7.01. The number of benzene rings is 2. The molecule has 238 valence electrons. The molecule has 4 rings (SSSR count). The highest BCUT2D eigenvalue weighted by molar-refractivity contribution is 7.21. The first-order chi connectivity index (χ1) is 21.6. The molecule has 2 N–H and O–H groups in total. The lowest BCUT2D eigenvalue weighted by Gasteiger charge is -2.35. The highest BCUT2D eigenvalue weighted by Gasteiger charge is 2.37. The summed E-state index contributed by atoms with van der Waals surface area (Å²) in [6.07, 6.45) is 3.70. The number of hydrogen-bond acceptors (Lipinski definition) is 10. The maximum absolute atomic E-state index is 15.2. The van der Waals surface area contributed by atoms with Gasteiger partial charge in [-0.15, -0.1) is 11.3 Å². The van der Waals surface area contributed by atoms with E-state index in [1.807, 2.05) is 32.9 Å². The number of alkyl carbamates (subject to hydrolysis) is 1. The first-order valence-electron chi connectivity index (χ1n) is 14.4. The van der Waals surface area contributed by atoms with Crippen molar-refractivity contribution in [2.24, 2.45) is 9.98 Å². The van der Waals surface area contributed by atoms with Crippen molar-refractivity contribution >= 4 is 45.4 Å². The fraction of sp³-hybridized carbons (Fsp3) is 0.333. The van der Waals surface area contributed by atoms with E-state index in [2.05, 4.69) is 28.5 Å². The lowest BCUT2D eigenvalue weighted by Crippen LogP contribution is -2.46. The number of hydrogen-bond donors (Lipinski definition) is 2. The zero-order valence-electron chi connectivity index (χ0n) is 25.8. The average Bonchev–Trinajstić information content (AvgIpc) is 3.40. The highest BCUT2D eigenvalue weighted by Crippen LogP contribution is 2.40. The molecule has 2 aromatic carbocycles. The lowest BCUT2D eigenvalue weighted by atomic mass is 9.92. The Labute approximate surface area is 265 Å². The van der Waals surface area contributed by atoms with Crippen LogP contribution < -0.4 is 10.1 Å². The number of rotatable bonds is 13. The van der Waals surface area contributed by atoms with Gasteiger partial charge in [0, 0.05) is 24.6 Å². The van der Waals surface area contributed by atoms with Gasteiger partial charge in [-0.3, -0.25) is 10.3 Å². The number of aliphatic imine (C=N–C) groups is 2. The number of allylic oxidation sites excluding steroid dienone is 2. The van der Waals surface area contributed by atoms with Crippen molar-refractivity contribution in [3.8, 4) is 16.3 Å². The van der Waals surface area contributed by atoms with Crippen LogP contribution in [0.25, 0.3) is 20.8 Å². The number of ether oxygens (including phenoxy) is 4. The van der Waals surface area contributed by atoms with Crippen LogP contribution in [-0.4, -0.2) is 60.3 Å². The van der Waals surface area contributed by atoms with Crippen LogP contribution in [0.15, 0.2) is 71.1 Å². The second-order valence-electron chi connectivity index (χ2n) is 10.2. The largest absolute Gasteiger partial charge is 0.493 e. The van der Waals surface area contributed by atoms with Gasteiger partial charge in [-0.2, -0.15) is 0 Å². The van der Waals surface area contributed by atoms with E-state index in [1.54, 1.807) is 19.2 Å². The summed E-state index contributed by atoms with van der Waals surface area (Å²) < 4.78 is 38.0. The average molecular weight is 637 g/mol. The van der Waals surface area contributed by atoms with Crippen molar-refractivity contribution in [1.82, 2.24) is 10.3 Å². The van der Waals surface area contributed by atoms with Crippen molar-refractivity contribution in [3.05, 3.63) is 78.1 Å². The van der Waals surface area contributed by atoms with Gasteiger partial charge in [-0.25, -0.2) is 19.2 Å². The summed E-state index contributed by atoms with van der Waals surface area (Å²) in [7, 11) is 0. The van der Waals surface area contributed by atoms with Crippen LogP contribution in [0.4, 0.5) is 14.9 Å². The monoisotopic (exact) mass is 636 g/mol. The third-order valence-electron chi connectivity index (χ3n) is 6.73. The zero-order chi connectivity index (χ0) is 32.5. The van der Waals surface area contributed by atoms with E-state index >= 15 is 4.39 Å². The van der Waals surface area contributed by atoms with Crippen molar-refractivity contribution in [2.45, 2.75) is 52.7 Å². The molecule has 45 heavy (non-hydrogen) atoms. The Balaban J connectivity index is 1.47. The Morgan fingerprint density at radius 3 is 2.69 bits per heavy atom. The third kappa shape index (κ3) is 8.77. The number of aryl methyl sites for hydroxylation is 2. The smallest absolute Gasteiger partial charge is 0.412 e. The number of nitrogens with one attached hydrogen (secondary N) is 1. The van der Waals surface area contributed by atoms with E-state index in [1.165, 1.54) is 29.7 Å². The van der Waals surface area contributed by atoms with Crippen LogP contribution in [0.3, 0.4) is 0 Å². The summed E-state index contributed by atoms with van der Waals surface area (Å²) >= 11 is 1.41. The Hall–Kier alpha value is -4.55. The number of thiazole rings is 1. The maximum atomic E-state index is 15.2. The van der Waals surface area contributed by atoms with E-state index < -0.39 is 24.1 Å². The van der Waals surface area contributed by atoms with E-state index in [4.69, 9.17) is 29.0 Å². The number of amides is 1. The number of halogens is 1. The van der Waals surface area contributed by atoms with Crippen LogP contribution >= 0.6 is 11.3 Å². The molecule has 0 spiro atoms. The molecule has 3 aromatic rings. The lowest BCUT2D eigenvalue weighted by molar-refractivity contribution is -0.0465. The van der Waals surface area contributed by atoms with Gasteiger partial charge in [-0.1, -0.05) is 24.8 Å². The standard InChI is InChI=1S/C33H37FN4O6S/c1-7-23(18-35-22(6)42-12-11-39)37-33(40)44-28-10-9-27(28)43-29-16-30-26(15-25(29)34)38-32(45-30)24-14-19(3)13-20(4)31(24)36-17-21(5)41-8-2/h7,13-18,27-28,39H,1,5,8-12H2,2-4,6H3,(H,37,40)/b23-18+,35-22+,36-17-. The van der Waals surface area contributed by atoms with Gasteiger partial charge in [0.1, 0.15) is 29.6 Å². The summed E-state index contributed by atoms with van der Waals surface area (Å²) in [5.41, 5.74) is 4.35. The van der Waals surface area contributed by atoms with E-state index in [9.17, 15) is 4.79 Å². The number of carbonyl (C=O) groups excluding carboxylic acids is 1. The van der Waals surface area contributed by atoms with E-state index in [0.717, 1.165) is 27.1 Å². The minimum Gasteiger partial charge on any atom is -0.493 e. The number of fused-ring (bicyclic) bond motifs is 1. The molecule has 0 bridgehead atoms. The normalized spacial score (nSPS) is 16.8. The Morgan fingerprint density at radius 1 is 1.22 bits per heavy atom. The van der Waals surface area contributed by atoms with Gasteiger partial charge in [0.2, 0.25) is 0 Å². The topological polar surface area (TPSA) is 124 Å². The molecule has 1 aliphatic carbocycles. The predicted molar refractivity (Wildman–Crippen MR) is 175 cm³/mol. The number of aliphatic hydroxyl groups is 1. The maximum Gasteiger partial charge on any atom is 0.412 e. The molecule has 0 saturated heterocycles. The second kappa shape index (κ2) is 15.4. The first kappa shape index (κ1) is 33.3. The van der Waals surface area contributed by atoms with Crippen LogP contribution in [-0.2, 0) is 14.2 Å². The van der Waals surface area contributed by atoms with Gasteiger partial charge >= 0.3 is 6.09 Å². The molecule has 1 amide bonds. The van der Waals surface area contributed by atoms with Crippen molar-refractivity contribution in [1.29, 1.82) is 0 Å². The zero-order valence-corrected chi connectivity index (χ0v) is 26.6. The van der Waals surface area contributed by atoms with Gasteiger partial charge in [0.05, 0.1) is 47.2 Å². The molecule has 2 atom stereocenters. The van der Waals surface area contributed by atoms with Crippen molar-refractivity contribution in [2.75, 3.05) is 19.8 Å². The number of aliphatic hydroxyl groups excluding tert-OH is 1. The molecular weight excluding hydrogens is 599 g/mol. The Morgan fingerprint density at radius 2 is 2.00 bits per heavy atom. The molecular formula is C33H37FN4O6S. The van der Waals surface area contributed by atoms with Gasteiger partial charge in [0.25, 0.3) is 0 Å². The van der Waals surface area contributed by atoms with Crippen LogP contribution in [0, 0.1) is 19.7 Å². The molecule has 0 radical (unpaired) electrons. The molecule has 12 heteroatoms. The summed E-state index contributed by atoms with van der Waals surface area (Å²) in [5.74, 6) is 0.261. The highest BCUT2D eigenvalue weighted by atomic mass is 32.1. The third-order valence-corrected chi connectivity index (χ3v) is 7.78. The van der Waals surface area contributed by atoms with Gasteiger partial charge in [0.15, 0.2) is 17.5 Å². The summed E-state index contributed by atoms with van der Waals surface area (Å²) in [6.45, 7) is 15.4. The first-order valence-corrected chi connectivity index (χ1v) is 15.3. The molecule has 1 fully saturated rings. The van der Waals surface area contributed by atoms with E-state index in [0.29, 0.717) is 41.6 Å². The van der Waals surface area contributed by atoms with E-state index in [-0.39, 0.29) is 24.7 Å². The van der Waals surface area contributed by atoms with Gasteiger partial charge < -0.3 is 24.1 Å². The molecule has 0 aliphatic heterocycles. The van der Waals surface area contributed by atoms with Crippen LogP contribution in [0.5, 0.6) is 5.75 Å². The minimum absolute atomic E-state index is 0.0578. The molecule has 1 aromatic heterocycles. The van der Waals surface area contributed by atoms with Crippen LogP contribution in [0.1, 0.15) is 37.8 Å². The van der Waals surface area contributed by atoms with Crippen molar-refractivity contribution in [3.63, 3.8) is 0 Å². The molecule has 2 unspecified atom stereocenters. The Bertz CT molecular complexity index is 1660. The fourth-order valence-electron chi connectivity index (χ4n) is 4.47. The molecule has 10 nitrogen and oxygen atoms in total. The second-order valence-corrected chi connectivity index (χ2v) is 11.2. The van der Waals surface area contributed by atoms with Crippen LogP contribution in [0.2, 0.25) is 0 Å². The minimum atomic E-state index is -0.719. The van der Waals surface area contributed by atoms with Crippen molar-refractivity contribution < 1.29 is 33.2 Å². The summed E-state index contributed by atoms with van der Waals surface area (Å²) in [5, 5.41) is 12.1. The molecule has 1 aliphatic rings. The fourth-order valence-corrected chi connectivity index (χ4v) is 5.47. The number of nitrogens with zero attached hydrogens (tertiary/aromatic N) is 3. The number of aromatic nitrogens is 1. The Kier molecular flexibility index (Phi) is 11.4.